The Morgan fingerprint density at radius 3 is 2.63 bits per heavy atom. The highest BCUT2D eigenvalue weighted by Gasteiger charge is 2.43. The van der Waals surface area contributed by atoms with Crippen molar-refractivity contribution in [2.75, 3.05) is 4.90 Å². The van der Waals surface area contributed by atoms with Crippen LogP contribution in [0.3, 0.4) is 0 Å². The molecule has 2 aliphatic rings. The maximum absolute atomic E-state index is 12.9. The topological polar surface area (TPSA) is 102 Å². The predicted octanol–water partition coefficient (Wildman–Crippen LogP) is 1.06. The Morgan fingerprint density at radius 1 is 1.30 bits per heavy atom. The second-order valence-electron chi connectivity index (χ2n) is 8.26. The fourth-order valence-corrected chi connectivity index (χ4v) is 3.62. The van der Waals surface area contributed by atoms with E-state index < -0.39 is 29.7 Å². The summed E-state index contributed by atoms with van der Waals surface area (Å²) in [6.45, 7) is 6.89. The third-order valence-corrected chi connectivity index (χ3v) is 4.87. The van der Waals surface area contributed by atoms with Crippen molar-refractivity contribution in [3.05, 3.63) is 29.3 Å². The fourth-order valence-electron chi connectivity index (χ4n) is 3.62. The van der Waals surface area contributed by atoms with Crippen molar-refractivity contribution < 1.29 is 19.1 Å². The molecule has 0 fully saturated rings. The maximum Gasteiger partial charge on any atom is 0.328 e. The number of aryl methyl sites for hydroxylation is 1. The highest BCUT2D eigenvalue weighted by Crippen LogP contribution is 2.38. The average Bonchev–Trinajstić information content (AvgIpc) is 2.91. The van der Waals surface area contributed by atoms with E-state index in [0.717, 1.165) is 16.8 Å². The Morgan fingerprint density at radius 2 is 1.96 bits per heavy atom. The third-order valence-electron chi connectivity index (χ3n) is 4.87. The van der Waals surface area contributed by atoms with E-state index in [0.29, 0.717) is 19.3 Å². The smallest absolute Gasteiger partial charge is 0.328 e. The van der Waals surface area contributed by atoms with E-state index in [-0.39, 0.29) is 11.8 Å². The summed E-state index contributed by atoms with van der Waals surface area (Å²) < 4.78 is 5.31. The summed E-state index contributed by atoms with van der Waals surface area (Å²) in [4.78, 5) is 39.4. The van der Waals surface area contributed by atoms with Gasteiger partial charge in [-0.2, -0.15) is 0 Å². The first-order valence-electron chi connectivity index (χ1n) is 9.31. The number of benzene rings is 1. The first-order valence-corrected chi connectivity index (χ1v) is 9.31. The van der Waals surface area contributed by atoms with Gasteiger partial charge in [0.15, 0.2) is 0 Å². The summed E-state index contributed by atoms with van der Waals surface area (Å²) in [5, 5.41) is 2.69. The van der Waals surface area contributed by atoms with E-state index in [1.165, 1.54) is 4.90 Å². The summed E-state index contributed by atoms with van der Waals surface area (Å²) in [5.74, 6) is -1.13. The zero-order valence-electron chi connectivity index (χ0n) is 16.2. The molecule has 7 nitrogen and oxygen atoms in total. The zero-order valence-corrected chi connectivity index (χ0v) is 16.2. The van der Waals surface area contributed by atoms with Crippen molar-refractivity contribution in [2.24, 2.45) is 5.73 Å². The SMILES string of the molecule is CC(NC(=O)C1Cc2cccc3c2N1C(=O)C(N)CC3)C(=O)OC(C)(C)C. The first kappa shape index (κ1) is 19.4. The van der Waals surface area contributed by atoms with E-state index >= 15 is 0 Å². The molecular formula is C20H27N3O4. The van der Waals surface area contributed by atoms with Crippen molar-refractivity contribution in [1.29, 1.82) is 0 Å². The van der Waals surface area contributed by atoms with Crippen LogP contribution in [-0.2, 0) is 32.0 Å². The minimum Gasteiger partial charge on any atom is -0.458 e. The van der Waals surface area contributed by atoms with Gasteiger partial charge in [-0.05, 0) is 51.7 Å². The van der Waals surface area contributed by atoms with Gasteiger partial charge >= 0.3 is 5.97 Å². The highest BCUT2D eigenvalue weighted by atomic mass is 16.6. The number of amides is 2. The van der Waals surface area contributed by atoms with Gasteiger partial charge in [0.2, 0.25) is 11.8 Å². The number of nitrogens with zero attached hydrogens (tertiary/aromatic N) is 1. The Bertz CT molecular complexity index is 784. The first-order chi connectivity index (χ1) is 12.6. The van der Waals surface area contributed by atoms with Crippen LogP contribution in [-0.4, -0.2) is 41.5 Å². The maximum atomic E-state index is 12.9. The molecule has 0 spiro atoms. The number of rotatable bonds is 3. The molecule has 3 unspecified atom stereocenters. The Hall–Kier alpha value is -2.41. The van der Waals surface area contributed by atoms with Crippen molar-refractivity contribution in [2.45, 2.75) is 70.7 Å². The molecular weight excluding hydrogens is 346 g/mol. The predicted molar refractivity (Wildman–Crippen MR) is 101 cm³/mol. The van der Waals surface area contributed by atoms with Crippen LogP contribution >= 0.6 is 0 Å². The van der Waals surface area contributed by atoms with E-state index in [1.807, 2.05) is 18.2 Å². The number of ether oxygens (including phenoxy) is 1. The standard InChI is InChI=1S/C20H27N3O4/c1-11(19(26)27-20(2,3)4)22-17(24)15-10-13-7-5-6-12-8-9-14(21)18(25)23(15)16(12)13/h5-7,11,14-15H,8-10,21H2,1-4H3,(H,22,24). The minimum absolute atomic E-state index is 0.247. The molecule has 0 bridgehead atoms. The third kappa shape index (κ3) is 3.83. The lowest BCUT2D eigenvalue weighted by Crippen LogP contribution is -2.55. The summed E-state index contributed by atoms with van der Waals surface area (Å²) in [6, 6.07) is 3.69. The van der Waals surface area contributed by atoms with Gasteiger partial charge in [-0.15, -0.1) is 0 Å². The molecule has 1 aromatic rings. The van der Waals surface area contributed by atoms with Crippen molar-refractivity contribution in [3.63, 3.8) is 0 Å². The molecule has 3 atom stereocenters. The average molecular weight is 373 g/mol. The van der Waals surface area contributed by atoms with Gasteiger partial charge in [-0.3, -0.25) is 14.5 Å². The molecule has 0 saturated heterocycles. The number of carbonyl (C=O) groups excluding carboxylic acids is 3. The van der Waals surface area contributed by atoms with Crippen LogP contribution in [0, 0.1) is 0 Å². The molecule has 27 heavy (non-hydrogen) atoms. The van der Waals surface area contributed by atoms with Gasteiger partial charge in [0.05, 0.1) is 11.7 Å². The van der Waals surface area contributed by atoms with Crippen molar-refractivity contribution in [1.82, 2.24) is 5.32 Å². The number of nitrogens with two attached hydrogens (primary N) is 1. The monoisotopic (exact) mass is 373 g/mol. The van der Waals surface area contributed by atoms with Crippen LogP contribution in [0.1, 0.15) is 45.2 Å². The number of para-hydroxylation sites is 1. The summed E-state index contributed by atoms with van der Waals surface area (Å²) in [6.07, 6.45) is 1.66. The van der Waals surface area contributed by atoms with Crippen LogP contribution in [0.2, 0.25) is 0 Å². The van der Waals surface area contributed by atoms with E-state index in [4.69, 9.17) is 10.5 Å². The fraction of sp³-hybridized carbons (Fsp3) is 0.550. The summed E-state index contributed by atoms with van der Waals surface area (Å²) in [7, 11) is 0. The van der Waals surface area contributed by atoms with Gasteiger partial charge in [0, 0.05) is 6.42 Å². The van der Waals surface area contributed by atoms with Gasteiger partial charge in [-0.1, -0.05) is 18.2 Å². The molecule has 2 amide bonds. The molecule has 146 valence electrons. The van der Waals surface area contributed by atoms with Crippen molar-refractivity contribution >= 4 is 23.5 Å². The van der Waals surface area contributed by atoms with Gasteiger partial charge < -0.3 is 15.8 Å². The second kappa shape index (κ2) is 6.96. The quantitative estimate of drug-likeness (QED) is 0.772. The number of anilines is 1. The lowest BCUT2D eigenvalue weighted by atomic mass is 10.0. The molecule has 3 rings (SSSR count). The van der Waals surface area contributed by atoms with Crippen LogP contribution in [0.4, 0.5) is 5.69 Å². The van der Waals surface area contributed by atoms with E-state index in [1.54, 1.807) is 27.7 Å². The molecule has 0 aliphatic carbocycles. The normalized spacial score (nSPS) is 22.7. The van der Waals surface area contributed by atoms with Gasteiger partial charge in [0.1, 0.15) is 17.7 Å². The van der Waals surface area contributed by atoms with Gasteiger partial charge in [0.25, 0.3) is 0 Å². The molecule has 2 heterocycles. The number of nitrogens with one attached hydrogen (secondary N) is 1. The van der Waals surface area contributed by atoms with Crippen LogP contribution in [0.5, 0.6) is 0 Å². The van der Waals surface area contributed by atoms with Gasteiger partial charge in [-0.25, -0.2) is 4.79 Å². The highest BCUT2D eigenvalue weighted by molar-refractivity contribution is 6.07. The van der Waals surface area contributed by atoms with Crippen LogP contribution in [0.25, 0.3) is 0 Å². The molecule has 3 N–H and O–H groups in total. The largest absolute Gasteiger partial charge is 0.458 e. The summed E-state index contributed by atoms with van der Waals surface area (Å²) in [5.41, 5.74) is 8.19. The van der Waals surface area contributed by atoms with E-state index in [2.05, 4.69) is 5.32 Å². The number of carbonyl (C=O) groups is 3. The Balaban J connectivity index is 1.81. The second-order valence-corrected chi connectivity index (χ2v) is 8.26. The lowest BCUT2D eigenvalue weighted by molar-refractivity contribution is -0.158. The van der Waals surface area contributed by atoms with Crippen LogP contribution < -0.4 is 16.0 Å². The lowest BCUT2D eigenvalue weighted by Gasteiger charge is -2.28. The molecule has 7 heteroatoms. The Kier molecular flexibility index (Phi) is 4.99. The molecule has 0 saturated carbocycles. The number of esters is 1. The molecule has 2 aliphatic heterocycles. The number of hydrogen-bond donors (Lipinski definition) is 2. The summed E-state index contributed by atoms with van der Waals surface area (Å²) >= 11 is 0. The van der Waals surface area contributed by atoms with Crippen molar-refractivity contribution in [3.8, 4) is 0 Å². The number of hydrogen-bond acceptors (Lipinski definition) is 5. The molecule has 0 aromatic heterocycles. The van der Waals surface area contributed by atoms with Crippen LogP contribution in [0.15, 0.2) is 18.2 Å². The Labute approximate surface area is 159 Å². The molecule has 1 aromatic carbocycles. The zero-order chi connectivity index (χ0) is 19.9. The van der Waals surface area contributed by atoms with E-state index in [9.17, 15) is 14.4 Å². The minimum atomic E-state index is -0.810. The molecule has 0 radical (unpaired) electrons.